The fourth-order valence-corrected chi connectivity index (χ4v) is 5.28. The second-order valence-corrected chi connectivity index (χ2v) is 7.58. The fraction of sp³-hybridized carbons (Fsp3) is 0.867. The molecule has 2 bridgehead atoms. The standard InChI is InChI=1S/C15H24N2O3S/c1-21-13-5-3-2-4-11(13)16-15(20)17-9-6-7-12(17)10(8-9)14(18)19/h9-13H,2-8H2,1H3,(H,16,20)(H,18,19). The van der Waals surface area contributed by atoms with Gasteiger partial charge in [0.05, 0.1) is 5.92 Å². The number of hydrogen-bond donors (Lipinski definition) is 2. The molecule has 1 saturated carbocycles. The minimum atomic E-state index is -0.750. The number of amides is 2. The number of hydrogen-bond acceptors (Lipinski definition) is 3. The lowest BCUT2D eigenvalue weighted by Crippen LogP contribution is -2.51. The fourth-order valence-electron chi connectivity index (χ4n) is 4.35. The molecule has 5 unspecified atom stereocenters. The van der Waals surface area contributed by atoms with Crippen molar-refractivity contribution in [3.8, 4) is 0 Å². The van der Waals surface area contributed by atoms with Crippen LogP contribution >= 0.6 is 11.8 Å². The lowest BCUT2D eigenvalue weighted by atomic mass is 9.89. The summed E-state index contributed by atoms with van der Waals surface area (Å²) < 4.78 is 0. The van der Waals surface area contributed by atoms with E-state index < -0.39 is 5.97 Å². The molecule has 5 nitrogen and oxygen atoms in total. The Hall–Kier alpha value is -0.910. The van der Waals surface area contributed by atoms with E-state index in [0.717, 1.165) is 25.7 Å². The normalized spacial score (nSPS) is 38.5. The first-order chi connectivity index (χ1) is 10.1. The summed E-state index contributed by atoms with van der Waals surface area (Å²) in [6, 6.07) is 0.248. The van der Waals surface area contributed by atoms with Crippen molar-refractivity contribution < 1.29 is 14.7 Å². The number of nitrogens with zero attached hydrogens (tertiary/aromatic N) is 1. The third kappa shape index (κ3) is 2.74. The van der Waals surface area contributed by atoms with Gasteiger partial charge in [-0.05, 0) is 38.4 Å². The first-order valence-corrected chi connectivity index (χ1v) is 9.25. The van der Waals surface area contributed by atoms with Crippen molar-refractivity contribution >= 4 is 23.8 Å². The Bertz CT molecular complexity index is 431. The Morgan fingerprint density at radius 2 is 1.95 bits per heavy atom. The van der Waals surface area contributed by atoms with Crippen molar-refractivity contribution in [1.82, 2.24) is 10.2 Å². The number of carboxylic acids is 1. The first-order valence-electron chi connectivity index (χ1n) is 7.96. The van der Waals surface area contributed by atoms with E-state index in [1.807, 2.05) is 16.7 Å². The molecule has 21 heavy (non-hydrogen) atoms. The maximum atomic E-state index is 12.6. The van der Waals surface area contributed by atoms with E-state index in [2.05, 4.69) is 11.6 Å². The van der Waals surface area contributed by atoms with Gasteiger partial charge in [0.15, 0.2) is 0 Å². The Kier molecular flexibility index (Phi) is 4.33. The number of urea groups is 1. The van der Waals surface area contributed by atoms with E-state index in [1.165, 1.54) is 12.8 Å². The van der Waals surface area contributed by atoms with Crippen LogP contribution in [0, 0.1) is 5.92 Å². The van der Waals surface area contributed by atoms with E-state index in [-0.39, 0.29) is 30.1 Å². The van der Waals surface area contributed by atoms with Gasteiger partial charge in [0.1, 0.15) is 0 Å². The van der Waals surface area contributed by atoms with Crippen molar-refractivity contribution in [2.45, 2.75) is 68.3 Å². The summed E-state index contributed by atoms with van der Waals surface area (Å²) in [6.07, 6.45) is 9.16. The van der Waals surface area contributed by atoms with Crippen molar-refractivity contribution in [1.29, 1.82) is 0 Å². The van der Waals surface area contributed by atoms with Crippen LogP contribution in [0.2, 0.25) is 0 Å². The molecule has 3 aliphatic rings. The molecule has 5 atom stereocenters. The van der Waals surface area contributed by atoms with E-state index in [0.29, 0.717) is 11.7 Å². The highest BCUT2D eigenvalue weighted by Crippen LogP contribution is 2.42. The summed E-state index contributed by atoms with van der Waals surface area (Å²) in [5, 5.41) is 13.0. The van der Waals surface area contributed by atoms with Crippen LogP contribution in [0.15, 0.2) is 0 Å². The monoisotopic (exact) mass is 312 g/mol. The smallest absolute Gasteiger partial charge is 0.318 e. The van der Waals surface area contributed by atoms with Gasteiger partial charge in [0.25, 0.3) is 0 Å². The molecule has 0 spiro atoms. The molecular weight excluding hydrogens is 288 g/mol. The molecule has 3 rings (SSSR count). The third-order valence-electron chi connectivity index (χ3n) is 5.40. The number of carbonyl (C=O) groups excluding carboxylic acids is 1. The second kappa shape index (κ2) is 6.07. The summed E-state index contributed by atoms with van der Waals surface area (Å²) in [4.78, 5) is 25.7. The largest absolute Gasteiger partial charge is 0.481 e. The predicted molar refractivity (Wildman–Crippen MR) is 82.5 cm³/mol. The van der Waals surface area contributed by atoms with E-state index in [1.54, 1.807) is 0 Å². The molecule has 6 heteroatoms. The molecule has 3 fully saturated rings. The molecule has 1 aliphatic carbocycles. The van der Waals surface area contributed by atoms with Crippen LogP contribution in [0.25, 0.3) is 0 Å². The number of nitrogens with one attached hydrogen (secondary N) is 1. The number of fused-ring (bicyclic) bond motifs is 2. The summed E-state index contributed by atoms with van der Waals surface area (Å²) >= 11 is 1.83. The summed E-state index contributed by atoms with van der Waals surface area (Å²) in [5.74, 6) is -1.11. The number of aliphatic carboxylic acids is 1. The molecule has 2 N–H and O–H groups in total. The predicted octanol–water partition coefficient (Wildman–Crippen LogP) is 2.31. The van der Waals surface area contributed by atoms with Gasteiger partial charge < -0.3 is 15.3 Å². The maximum absolute atomic E-state index is 12.6. The van der Waals surface area contributed by atoms with Gasteiger partial charge in [-0.15, -0.1) is 0 Å². The summed E-state index contributed by atoms with van der Waals surface area (Å²) in [5.41, 5.74) is 0. The second-order valence-electron chi connectivity index (χ2n) is 6.50. The minimum Gasteiger partial charge on any atom is -0.481 e. The van der Waals surface area contributed by atoms with Gasteiger partial charge in [-0.25, -0.2) is 4.79 Å². The van der Waals surface area contributed by atoms with E-state index in [4.69, 9.17) is 0 Å². The molecule has 118 valence electrons. The van der Waals surface area contributed by atoms with Crippen LogP contribution < -0.4 is 5.32 Å². The van der Waals surface area contributed by atoms with E-state index >= 15 is 0 Å². The summed E-state index contributed by atoms with van der Waals surface area (Å²) in [7, 11) is 0. The zero-order chi connectivity index (χ0) is 15.0. The number of thioether (sulfide) groups is 1. The highest BCUT2D eigenvalue weighted by molar-refractivity contribution is 7.99. The Balaban J connectivity index is 1.64. The van der Waals surface area contributed by atoms with Crippen LogP contribution in [0.3, 0.4) is 0 Å². The average molecular weight is 312 g/mol. The quantitative estimate of drug-likeness (QED) is 0.839. The van der Waals surface area contributed by atoms with E-state index in [9.17, 15) is 14.7 Å². The van der Waals surface area contributed by atoms with Gasteiger partial charge in [-0.2, -0.15) is 11.8 Å². The number of carbonyl (C=O) groups is 2. The van der Waals surface area contributed by atoms with Gasteiger partial charge in [-0.1, -0.05) is 12.8 Å². The molecule has 0 radical (unpaired) electrons. The van der Waals surface area contributed by atoms with Gasteiger partial charge in [0.2, 0.25) is 0 Å². The van der Waals surface area contributed by atoms with Crippen LogP contribution in [0.5, 0.6) is 0 Å². The third-order valence-corrected chi connectivity index (χ3v) is 6.57. The van der Waals surface area contributed by atoms with Gasteiger partial charge in [0, 0.05) is 23.4 Å². The highest BCUT2D eigenvalue weighted by atomic mass is 32.2. The highest BCUT2D eigenvalue weighted by Gasteiger charge is 2.51. The lowest BCUT2D eigenvalue weighted by molar-refractivity contribution is -0.142. The molecule has 0 aromatic heterocycles. The SMILES string of the molecule is CSC1CCCCC1NC(=O)N1C2CCC1C(C(=O)O)C2. The minimum absolute atomic E-state index is 0.0304. The molecule has 0 aromatic rings. The van der Waals surface area contributed by atoms with Crippen LogP contribution in [-0.2, 0) is 4.79 Å². The molecule has 2 aliphatic heterocycles. The maximum Gasteiger partial charge on any atom is 0.318 e. The Morgan fingerprint density at radius 3 is 2.62 bits per heavy atom. The topological polar surface area (TPSA) is 69.6 Å². The number of carboxylic acid groups (broad SMARTS) is 1. The van der Waals surface area contributed by atoms with Crippen molar-refractivity contribution in [3.63, 3.8) is 0 Å². The Morgan fingerprint density at radius 1 is 1.19 bits per heavy atom. The number of rotatable bonds is 3. The van der Waals surface area contributed by atoms with Crippen LogP contribution in [0.1, 0.15) is 44.9 Å². The average Bonchev–Trinajstić information content (AvgIpc) is 3.05. The zero-order valence-electron chi connectivity index (χ0n) is 12.5. The van der Waals surface area contributed by atoms with Crippen molar-refractivity contribution in [2.75, 3.05) is 6.26 Å². The molecule has 2 amide bonds. The molecule has 2 heterocycles. The summed E-state index contributed by atoms with van der Waals surface area (Å²) in [6.45, 7) is 0. The van der Waals surface area contributed by atoms with Crippen LogP contribution in [-0.4, -0.2) is 51.6 Å². The van der Waals surface area contributed by atoms with Crippen molar-refractivity contribution in [3.05, 3.63) is 0 Å². The molecule has 0 aromatic carbocycles. The zero-order valence-corrected chi connectivity index (χ0v) is 13.3. The van der Waals surface area contributed by atoms with Crippen LogP contribution in [0.4, 0.5) is 4.79 Å². The Labute approximate surface area is 129 Å². The molecule has 2 saturated heterocycles. The lowest BCUT2D eigenvalue weighted by Gasteiger charge is -2.33. The first kappa shape index (κ1) is 15.0. The van der Waals surface area contributed by atoms with Gasteiger partial charge >= 0.3 is 12.0 Å². The van der Waals surface area contributed by atoms with Gasteiger partial charge in [-0.3, -0.25) is 4.79 Å². The van der Waals surface area contributed by atoms with Crippen molar-refractivity contribution in [2.24, 2.45) is 5.92 Å². The molecular formula is C15H24N2O3S.